The summed E-state index contributed by atoms with van der Waals surface area (Å²) in [6.45, 7) is 7.83. The van der Waals surface area contributed by atoms with Gasteiger partial charge in [0.2, 0.25) is 0 Å². The predicted octanol–water partition coefficient (Wildman–Crippen LogP) is 3.35. The minimum atomic E-state index is -0.148. The van der Waals surface area contributed by atoms with Gasteiger partial charge in [-0.25, -0.2) is 4.39 Å². The van der Waals surface area contributed by atoms with Crippen LogP contribution in [0.4, 0.5) is 4.39 Å². The number of likely N-dealkylation sites (tertiary alicyclic amines) is 1. The largest absolute Gasteiger partial charge is 0.308 e. The van der Waals surface area contributed by atoms with Gasteiger partial charge in [0.05, 0.1) is 0 Å². The van der Waals surface area contributed by atoms with E-state index in [1.54, 1.807) is 12.1 Å². The van der Waals surface area contributed by atoms with Gasteiger partial charge in [0.1, 0.15) is 5.82 Å². The zero-order valence-corrected chi connectivity index (χ0v) is 12.0. The van der Waals surface area contributed by atoms with Crippen molar-refractivity contribution in [3.63, 3.8) is 0 Å². The van der Waals surface area contributed by atoms with Gasteiger partial charge in [0.15, 0.2) is 0 Å². The summed E-state index contributed by atoms with van der Waals surface area (Å²) in [7, 11) is 0. The van der Waals surface area contributed by atoms with Crippen molar-refractivity contribution < 1.29 is 4.39 Å². The minimum absolute atomic E-state index is 0.148. The standard InChI is InChI=1S/C16H25FN2/c1-3-16(14-7-6-8-15(17)11-14)18-12-13(2)19-9-4-5-10-19/h6-8,11,13,16,18H,3-5,9-10,12H2,1-2H3. The van der Waals surface area contributed by atoms with E-state index in [0.717, 1.165) is 18.5 Å². The SMILES string of the molecule is CCC(NCC(C)N1CCCC1)c1cccc(F)c1. The summed E-state index contributed by atoms with van der Waals surface area (Å²) in [4.78, 5) is 2.53. The van der Waals surface area contributed by atoms with E-state index in [9.17, 15) is 4.39 Å². The molecule has 0 spiro atoms. The second-order valence-corrected chi connectivity index (χ2v) is 5.52. The second-order valence-electron chi connectivity index (χ2n) is 5.52. The zero-order chi connectivity index (χ0) is 13.7. The van der Waals surface area contributed by atoms with Gasteiger partial charge in [0.25, 0.3) is 0 Å². The van der Waals surface area contributed by atoms with E-state index in [0.29, 0.717) is 6.04 Å². The first-order valence-electron chi connectivity index (χ1n) is 7.43. The normalized spacial score (nSPS) is 19.5. The maximum atomic E-state index is 13.3. The summed E-state index contributed by atoms with van der Waals surface area (Å²) in [6, 6.07) is 7.75. The highest BCUT2D eigenvalue weighted by molar-refractivity contribution is 5.20. The topological polar surface area (TPSA) is 15.3 Å². The molecule has 3 heteroatoms. The fourth-order valence-corrected chi connectivity index (χ4v) is 2.85. The molecule has 2 unspecified atom stereocenters. The summed E-state index contributed by atoms with van der Waals surface area (Å²) < 4.78 is 13.3. The number of hydrogen-bond donors (Lipinski definition) is 1. The van der Waals surface area contributed by atoms with Crippen molar-refractivity contribution in [3.8, 4) is 0 Å². The number of nitrogens with one attached hydrogen (secondary N) is 1. The Kier molecular flexibility index (Phi) is 5.34. The molecule has 1 fully saturated rings. The summed E-state index contributed by atoms with van der Waals surface area (Å²) >= 11 is 0. The van der Waals surface area contributed by atoms with Gasteiger partial charge in [-0.15, -0.1) is 0 Å². The van der Waals surface area contributed by atoms with E-state index < -0.39 is 0 Å². The molecule has 1 aliphatic heterocycles. The molecule has 2 rings (SSSR count). The molecule has 1 heterocycles. The Hall–Kier alpha value is -0.930. The van der Waals surface area contributed by atoms with Crippen molar-refractivity contribution >= 4 is 0 Å². The molecular weight excluding hydrogens is 239 g/mol. The van der Waals surface area contributed by atoms with Gasteiger partial charge in [-0.1, -0.05) is 19.1 Å². The lowest BCUT2D eigenvalue weighted by atomic mass is 10.0. The third-order valence-corrected chi connectivity index (χ3v) is 4.08. The van der Waals surface area contributed by atoms with Crippen LogP contribution >= 0.6 is 0 Å². The summed E-state index contributed by atoms with van der Waals surface area (Å²) in [5, 5.41) is 3.58. The highest BCUT2D eigenvalue weighted by Gasteiger charge is 2.19. The third kappa shape index (κ3) is 4.02. The van der Waals surface area contributed by atoms with Crippen molar-refractivity contribution in [1.29, 1.82) is 0 Å². The molecule has 2 atom stereocenters. The lowest BCUT2D eigenvalue weighted by molar-refractivity contribution is 0.245. The van der Waals surface area contributed by atoms with Gasteiger partial charge in [-0.05, 0) is 57.0 Å². The van der Waals surface area contributed by atoms with Gasteiger partial charge in [0, 0.05) is 18.6 Å². The van der Waals surface area contributed by atoms with Gasteiger partial charge in [-0.2, -0.15) is 0 Å². The molecule has 1 aromatic rings. The molecule has 0 bridgehead atoms. The lowest BCUT2D eigenvalue weighted by Crippen LogP contribution is -2.39. The number of hydrogen-bond acceptors (Lipinski definition) is 2. The first kappa shape index (κ1) is 14.5. The summed E-state index contributed by atoms with van der Waals surface area (Å²) in [5.74, 6) is -0.148. The summed E-state index contributed by atoms with van der Waals surface area (Å²) in [5.41, 5.74) is 1.05. The molecule has 0 saturated carbocycles. The molecule has 0 aliphatic carbocycles. The zero-order valence-electron chi connectivity index (χ0n) is 12.0. The number of halogens is 1. The molecule has 1 N–H and O–H groups in total. The van der Waals surface area contributed by atoms with Crippen molar-refractivity contribution in [2.45, 2.75) is 45.2 Å². The Morgan fingerprint density at radius 3 is 2.68 bits per heavy atom. The maximum Gasteiger partial charge on any atom is 0.123 e. The predicted molar refractivity (Wildman–Crippen MR) is 77.7 cm³/mol. The van der Waals surface area contributed by atoms with Gasteiger partial charge >= 0.3 is 0 Å². The van der Waals surface area contributed by atoms with Crippen molar-refractivity contribution in [1.82, 2.24) is 10.2 Å². The number of benzene rings is 1. The van der Waals surface area contributed by atoms with Crippen LogP contribution in [0, 0.1) is 5.82 Å². The molecule has 106 valence electrons. The fourth-order valence-electron chi connectivity index (χ4n) is 2.85. The first-order valence-corrected chi connectivity index (χ1v) is 7.43. The lowest BCUT2D eigenvalue weighted by Gasteiger charge is -2.26. The molecule has 19 heavy (non-hydrogen) atoms. The Bertz CT molecular complexity index is 388. The molecule has 0 amide bonds. The van der Waals surface area contributed by atoms with Crippen molar-refractivity contribution in [2.24, 2.45) is 0 Å². The number of rotatable bonds is 6. The van der Waals surface area contributed by atoms with E-state index in [-0.39, 0.29) is 11.9 Å². The fraction of sp³-hybridized carbons (Fsp3) is 0.625. The quantitative estimate of drug-likeness (QED) is 0.847. The highest BCUT2D eigenvalue weighted by Crippen LogP contribution is 2.18. The molecule has 1 saturated heterocycles. The Morgan fingerprint density at radius 1 is 1.32 bits per heavy atom. The van der Waals surface area contributed by atoms with E-state index in [1.807, 2.05) is 6.07 Å². The molecule has 1 aliphatic rings. The average Bonchev–Trinajstić information content (AvgIpc) is 2.93. The first-order chi connectivity index (χ1) is 9.20. The molecular formula is C16H25FN2. The van der Waals surface area contributed by atoms with Gasteiger partial charge < -0.3 is 5.32 Å². The molecule has 0 radical (unpaired) electrons. The van der Waals surface area contributed by atoms with Crippen LogP contribution in [-0.2, 0) is 0 Å². The van der Waals surface area contributed by atoms with E-state index in [2.05, 4.69) is 24.1 Å². The smallest absolute Gasteiger partial charge is 0.123 e. The van der Waals surface area contributed by atoms with Gasteiger partial charge in [-0.3, -0.25) is 4.90 Å². The van der Waals surface area contributed by atoms with Crippen LogP contribution in [0.2, 0.25) is 0 Å². The van der Waals surface area contributed by atoms with Crippen LogP contribution in [0.25, 0.3) is 0 Å². The van der Waals surface area contributed by atoms with Crippen LogP contribution in [0.5, 0.6) is 0 Å². The Labute approximate surface area is 116 Å². The van der Waals surface area contributed by atoms with E-state index in [1.165, 1.54) is 32.0 Å². The van der Waals surface area contributed by atoms with Crippen molar-refractivity contribution in [2.75, 3.05) is 19.6 Å². The van der Waals surface area contributed by atoms with Crippen LogP contribution in [0.1, 0.15) is 44.7 Å². The molecule has 2 nitrogen and oxygen atoms in total. The average molecular weight is 264 g/mol. The second kappa shape index (κ2) is 7.01. The van der Waals surface area contributed by atoms with Crippen LogP contribution in [0.15, 0.2) is 24.3 Å². The minimum Gasteiger partial charge on any atom is -0.308 e. The highest BCUT2D eigenvalue weighted by atomic mass is 19.1. The number of nitrogens with zero attached hydrogens (tertiary/aromatic N) is 1. The van der Waals surface area contributed by atoms with Crippen LogP contribution in [0.3, 0.4) is 0 Å². The maximum absolute atomic E-state index is 13.3. The van der Waals surface area contributed by atoms with E-state index >= 15 is 0 Å². The van der Waals surface area contributed by atoms with E-state index in [4.69, 9.17) is 0 Å². The third-order valence-electron chi connectivity index (χ3n) is 4.08. The van der Waals surface area contributed by atoms with Crippen LogP contribution in [-0.4, -0.2) is 30.6 Å². The van der Waals surface area contributed by atoms with Crippen molar-refractivity contribution in [3.05, 3.63) is 35.6 Å². The Morgan fingerprint density at radius 2 is 2.05 bits per heavy atom. The summed E-state index contributed by atoms with van der Waals surface area (Å²) in [6.07, 6.45) is 3.63. The van der Waals surface area contributed by atoms with Crippen LogP contribution < -0.4 is 5.32 Å². The molecule has 0 aromatic heterocycles. The Balaban J connectivity index is 1.88. The monoisotopic (exact) mass is 264 g/mol. The molecule has 1 aromatic carbocycles.